The molecule has 1 rings (SSSR count). The fourth-order valence-corrected chi connectivity index (χ4v) is 1.81. The van der Waals surface area contributed by atoms with Crippen LogP contribution in [-0.4, -0.2) is 23.8 Å². The first-order valence-electron chi connectivity index (χ1n) is 5.65. The van der Waals surface area contributed by atoms with Crippen LogP contribution in [0, 0.1) is 11.6 Å². The SMILES string of the molecule is CC(C)N(CC(F)(F)F)c1c(F)cc(C(N)=S)cc1F. The largest absolute Gasteiger partial charge is 0.405 e. The van der Waals surface area contributed by atoms with Gasteiger partial charge in [-0.05, 0) is 26.0 Å². The average Bonchev–Trinajstić information content (AvgIpc) is 2.24. The molecule has 1 aromatic carbocycles. The molecule has 0 saturated carbocycles. The normalized spacial score (nSPS) is 11.8. The molecule has 20 heavy (non-hydrogen) atoms. The molecule has 0 unspecified atom stereocenters. The van der Waals surface area contributed by atoms with Crippen molar-refractivity contribution >= 4 is 22.9 Å². The van der Waals surface area contributed by atoms with E-state index < -0.39 is 36.1 Å². The van der Waals surface area contributed by atoms with Gasteiger partial charge in [0.05, 0.1) is 0 Å². The van der Waals surface area contributed by atoms with Crippen molar-refractivity contribution in [1.29, 1.82) is 0 Å². The van der Waals surface area contributed by atoms with E-state index in [0.29, 0.717) is 4.90 Å². The lowest BCUT2D eigenvalue weighted by atomic mass is 10.1. The number of hydrogen-bond acceptors (Lipinski definition) is 2. The number of anilines is 1. The highest BCUT2D eigenvalue weighted by molar-refractivity contribution is 7.80. The van der Waals surface area contributed by atoms with Crippen LogP contribution >= 0.6 is 12.2 Å². The smallest absolute Gasteiger partial charge is 0.389 e. The Labute approximate surface area is 118 Å². The van der Waals surface area contributed by atoms with Crippen molar-refractivity contribution < 1.29 is 22.0 Å². The molecule has 0 atom stereocenters. The van der Waals surface area contributed by atoms with Crippen LogP contribution in [0.4, 0.5) is 27.6 Å². The molecule has 1 aromatic rings. The minimum absolute atomic E-state index is 0.0746. The topological polar surface area (TPSA) is 29.3 Å². The molecule has 0 amide bonds. The zero-order chi connectivity index (χ0) is 15.7. The van der Waals surface area contributed by atoms with Gasteiger partial charge in [-0.25, -0.2) is 8.78 Å². The summed E-state index contributed by atoms with van der Waals surface area (Å²) in [4.78, 5) is 0.370. The Bertz CT molecular complexity index is 490. The van der Waals surface area contributed by atoms with E-state index in [4.69, 9.17) is 5.73 Å². The van der Waals surface area contributed by atoms with E-state index >= 15 is 0 Å². The zero-order valence-electron chi connectivity index (χ0n) is 10.8. The van der Waals surface area contributed by atoms with Gasteiger partial charge in [-0.3, -0.25) is 0 Å². The fraction of sp³-hybridized carbons (Fsp3) is 0.417. The Kier molecular flexibility index (Phi) is 4.90. The summed E-state index contributed by atoms with van der Waals surface area (Å²) in [6, 6.07) is 0.912. The molecule has 0 radical (unpaired) electrons. The third-order valence-corrected chi connectivity index (χ3v) is 2.80. The molecule has 112 valence electrons. The quantitative estimate of drug-likeness (QED) is 0.683. The van der Waals surface area contributed by atoms with Crippen LogP contribution in [0.25, 0.3) is 0 Å². The molecule has 0 fully saturated rings. The van der Waals surface area contributed by atoms with Crippen molar-refractivity contribution in [3.05, 3.63) is 29.3 Å². The maximum Gasteiger partial charge on any atom is 0.405 e. The Morgan fingerprint density at radius 3 is 2.00 bits per heavy atom. The first kappa shape index (κ1) is 16.6. The second-order valence-electron chi connectivity index (χ2n) is 4.49. The second kappa shape index (κ2) is 5.90. The molecule has 2 N–H and O–H groups in total. The molecule has 2 nitrogen and oxygen atoms in total. The monoisotopic (exact) mass is 312 g/mol. The van der Waals surface area contributed by atoms with Crippen molar-refractivity contribution in [2.24, 2.45) is 5.73 Å². The van der Waals surface area contributed by atoms with Crippen LogP contribution in [0.15, 0.2) is 12.1 Å². The van der Waals surface area contributed by atoms with E-state index in [1.165, 1.54) is 13.8 Å². The molecule has 0 aromatic heterocycles. The highest BCUT2D eigenvalue weighted by Crippen LogP contribution is 2.30. The minimum Gasteiger partial charge on any atom is -0.389 e. The third kappa shape index (κ3) is 4.03. The van der Waals surface area contributed by atoms with Gasteiger partial charge in [0.2, 0.25) is 0 Å². The summed E-state index contributed by atoms with van der Waals surface area (Å²) in [5.74, 6) is -2.27. The van der Waals surface area contributed by atoms with E-state index in [1.807, 2.05) is 0 Å². The van der Waals surface area contributed by atoms with Crippen molar-refractivity contribution in [1.82, 2.24) is 0 Å². The maximum atomic E-state index is 13.9. The molecule has 0 aliphatic heterocycles. The number of nitrogens with two attached hydrogens (primary N) is 1. The van der Waals surface area contributed by atoms with Crippen molar-refractivity contribution in [3.63, 3.8) is 0 Å². The maximum absolute atomic E-state index is 13.9. The van der Waals surface area contributed by atoms with Crippen molar-refractivity contribution in [2.45, 2.75) is 26.1 Å². The lowest BCUT2D eigenvalue weighted by Crippen LogP contribution is -2.40. The summed E-state index contributed by atoms with van der Waals surface area (Å²) in [5.41, 5.74) is 4.43. The summed E-state index contributed by atoms with van der Waals surface area (Å²) in [6.07, 6.45) is -4.58. The van der Waals surface area contributed by atoms with Gasteiger partial charge in [0, 0.05) is 11.6 Å². The van der Waals surface area contributed by atoms with Gasteiger partial charge in [-0.15, -0.1) is 0 Å². The van der Waals surface area contributed by atoms with E-state index in [9.17, 15) is 22.0 Å². The van der Waals surface area contributed by atoms with Gasteiger partial charge < -0.3 is 10.6 Å². The predicted molar refractivity (Wildman–Crippen MR) is 70.8 cm³/mol. The van der Waals surface area contributed by atoms with Gasteiger partial charge in [0.25, 0.3) is 0 Å². The van der Waals surface area contributed by atoms with Crippen LogP contribution in [-0.2, 0) is 0 Å². The first-order chi connectivity index (χ1) is 9.03. The third-order valence-electron chi connectivity index (χ3n) is 2.56. The number of halogens is 5. The lowest BCUT2D eigenvalue weighted by molar-refractivity contribution is -0.120. The lowest BCUT2D eigenvalue weighted by Gasteiger charge is -2.30. The van der Waals surface area contributed by atoms with Gasteiger partial charge >= 0.3 is 6.18 Å². The molecule has 0 saturated heterocycles. The van der Waals surface area contributed by atoms with Gasteiger partial charge in [0.1, 0.15) is 28.9 Å². The van der Waals surface area contributed by atoms with E-state index in [2.05, 4.69) is 12.2 Å². The summed E-state index contributed by atoms with van der Waals surface area (Å²) in [6.45, 7) is 1.36. The summed E-state index contributed by atoms with van der Waals surface area (Å²) in [7, 11) is 0. The number of rotatable bonds is 4. The van der Waals surface area contributed by atoms with E-state index in [1.54, 1.807) is 0 Å². The Morgan fingerprint density at radius 2 is 1.70 bits per heavy atom. The number of benzene rings is 1. The van der Waals surface area contributed by atoms with E-state index in [0.717, 1.165) is 12.1 Å². The van der Waals surface area contributed by atoms with Crippen molar-refractivity contribution in [2.75, 3.05) is 11.4 Å². The van der Waals surface area contributed by atoms with Crippen LogP contribution < -0.4 is 10.6 Å². The molecule has 0 aliphatic carbocycles. The molecule has 8 heteroatoms. The Hall–Kier alpha value is -1.44. The second-order valence-corrected chi connectivity index (χ2v) is 4.93. The molecule has 0 heterocycles. The number of alkyl halides is 3. The van der Waals surface area contributed by atoms with Crippen LogP contribution in [0.3, 0.4) is 0 Å². The van der Waals surface area contributed by atoms with Gasteiger partial charge in [-0.2, -0.15) is 13.2 Å². The van der Waals surface area contributed by atoms with Crippen molar-refractivity contribution in [3.8, 4) is 0 Å². The van der Waals surface area contributed by atoms with Crippen LogP contribution in [0.5, 0.6) is 0 Å². The summed E-state index contributed by atoms with van der Waals surface area (Å²) in [5, 5.41) is 0. The van der Waals surface area contributed by atoms with Crippen LogP contribution in [0.2, 0.25) is 0 Å². The van der Waals surface area contributed by atoms with E-state index in [-0.39, 0.29) is 10.6 Å². The number of hydrogen-bond donors (Lipinski definition) is 1. The standard InChI is InChI=1S/C12H13F5N2S/c1-6(2)19(5-12(15,16)17)10-8(13)3-7(11(18)20)4-9(10)14/h3-4,6H,5H2,1-2H3,(H2,18,20). The van der Waals surface area contributed by atoms with Gasteiger partial charge in [0.15, 0.2) is 0 Å². The summed E-state index contributed by atoms with van der Waals surface area (Å²) >= 11 is 4.58. The molecular weight excluding hydrogens is 299 g/mol. The fourth-order valence-electron chi connectivity index (χ4n) is 1.70. The average molecular weight is 312 g/mol. The highest BCUT2D eigenvalue weighted by Gasteiger charge is 2.34. The minimum atomic E-state index is -4.58. The zero-order valence-corrected chi connectivity index (χ0v) is 11.6. The Morgan fingerprint density at radius 1 is 1.25 bits per heavy atom. The predicted octanol–water partition coefficient (Wildman–Crippen LogP) is 3.38. The highest BCUT2D eigenvalue weighted by atomic mass is 32.1. The van der Waals surface area contributed by atoms with Crippen LogP contribution in [0.1, 0.15) is 19.4 Å². The number of thiocarbonyl (C=S) groups is 1. The molecule has 0 spiro atoms. The first-order valence-corrected chi connectivity index (χ1v) is 6.06. The summed E-state index contributed by atoms with van der Waals surface area (Å²) < 4.78 is 65.3. The Balaban J connectivity index is 3.31. The molecular formula is C12H13F5N2S. The molecule has 0 aliphatic rings. The molecule has 0 bridgehead atoms. The van der Waals surface area contributed by atoms with Gasteiger partial charge in [-0.1, -0.05) is 12.2 Å². The number of nitrogens with zero attached hydrogens (tertiary/aromatic N) is 1.